The molecule has 0 aromatic heterocycles. The summed E-state index contributed by atoms with van der Waals surface area (Å²) < 4.78 is 27.2. The van der Waals surface area contributed by atoms with Crippen molar-refractivity contribution in [2.75, 3.05) is 0 Å². The zero-order chi connectivity index (χ0) is 15.5. The van der Waals surface area contributed by atoms with E-state index in [1.165, 1.54) is 19.1 Å². The minimum absolute atomic E-state index is 0.148. The SMILES string of the molecule is CC(=O)[C@H](NS(=O)(=O)c1ccc(C)cc1)c1ccccc1. The van der Waals surface area contributed by atoms with E-state index in [4.69, 9.17) is 0 Å². The lowest BCUT2D eigenvalue weighted by Crippen LogP contribution is -2.32. The Kier molecular flexibility index (Phi) is 4.55. The fraction of sp³-hybridized carbons (Fsp3) is 0.188. The molecule has 0 aliphatic rings. The third kappa shape index (κ3) is 3.77. The lowest BCUT2D eigenvalue weighted by molar-refractivity contribution is -0.118. The highest BCUT2D eigenvalue weighted by Crippen LogP contribution is 2.18. The Morgan fingerprint density at radius 2 is 1.57 bits per heavy atom. The molecule has 1 N–H and O–H groups in total. The fourth-order valence-corrected chi connectivity index (χ4v) is 3.21. The van der Waals surface area contributed by atoms with E-state index in [9.17, 15) is 13.2 Å². The molecular weight excluding hydrogens is 286 g/mol. The molecule has 0 fully saturated rings. The molecule has 0 bridgehead atoms. The van der Waals surface area contributed by atoms with E-state index in [0.717, 1.165) is 5.56 Å². The summed E-state index contributed by atoms with van der Waals surface area (Å²) in [6, 6.07) is 14.4. The number of ketones is 1. The topological polar surface area (TPSA) is 63.2 Å². The van der Waals surface area contributed by atoms with Crippen molar-refractivity contribution >= 4 is 15.8 Å². The average molecular weight is 303 g/mol. The third-order valence-electron chi connectivity index (χ3n) is 3.14. The number of aryl methyl sites for hydroxylation is 1. The van der Waals surface area contributed by atoms with Gasteiger partial charge in [-0.15, -0.1) is 0 Å². The predicted molar refractivity (Wildman–Crippen MR) is 81.4 cm³/mol. The van der Waals surface area contributed by atoms with E-state index in [1.807, 2.05) is 13.0 Å². The van der Waals surface area contributed by atoms with Gasteiger partial charge < -0.3 is 0 Å². The molecule has 2 rings (SSSR count). The highest BCUT2D eigenvalue weighted by atomic mass is 32.2. The number of nitrogens with one attached hydrogen (secondary N) is 1. The van der Waals surface area contributed by atoms with Crippen LogP contribution in [0.4, 0.5) is 0 Å². The normalized spacial score (nSPS) is 12.9. The highest BCUT2D eigenvalue weighted by Gasteiger charge is 2.24. The Labute approximate surface area is 124 Å². The van der Waals surface area contributed by atoms with Crippen molar-refractivity contribution < 1.29 is 13.2 Å². The van der Waals surface area contributed by atoms with Gasteiger partial charge in [0.2, 0.25) is 10.0 Å². The van der Waals surface area contributed by atoms with E-state index in [0.29, 0.717) is 5.56 Å². The molecule has 0 heterocycles. The molecular formula is C16H17NO3S. The number of hydrogen-bond donors (Lipinski definition) is 1. The molecule has 0 radical (unpaired) electrons. The van der Waals surface area contributed by atoms with Gasteiger partial charge in [0.25, 0.3) is 0 Å². The van der Waals surface area contributed by atoms with Gasteiger partial charge in [0.15, 0.2) is 5.78 Å². The van der Waals surface area contributed by atoms with Gasteiger partial charge in [-0.3, -0.25) is 4.79 Å². The van der Waals surface area contributed by atoms with Crippen LogP contribution in [0.5, 0.6) is 0 Å². The number of carbonyl (C=O) groups excluding carboxylic acids is 1. The van der Waals surface area contributed by atoms with E-state index < -0.39 is 16.1 Å². The van der Waals surface area contributed by atoms with Gasteiger partial charge in [-0.1, -0.05) is 48.0 Å². The van der Waals surface area contributed by atoms with Crippen molar-refractivity contribution in [3.8, 4) is 0 Å². The molecule has 21 heavy (non-hydrogen) atoms. The van der Waals surface area contributed by atoms with Crippen LogP contribution < -0.4 is 4.72 Å². The Hall–Kier alpha value is -1.98. The van der Waals surface area contributed by atoms with Gasteiger partial charge in [-0.25, -0.2) is 8.42 Å². The van der Waals surface area contributed by atoms with Gasteiger partial charge in [-0.2, -0.15) is 4.72 Å². The largest absolute Gasteiger partial charge is 0.298 e. The zero-order valence-electron chi connectivity index (χ0n) is 11.9. The van der Waals surface area contributed by atoms with Crippen LogP contribution in [-0.2, 0) is 14.8 Å². The molecule has 110 valence electrons. The molecule has 0 saturated heterocycles. The number of Topliss-reactive ketones (excluding diaryl/α,β-unsaturated/α-hetero) is 1. The Balaban J connectivity index is 2.32. The Morgan fingerprint density at radius 3 is 2.10 bits per heavy atom. The smallest absolute Gasteiger partial charge is 0.241 e. The van der Waals surface area contributed by atoms with Crippen molar-refractivity contribution in [1.29, 1.82) is 0 Å². The molecule has 2 aromatic rings. The Morgan fingerprint density at radius 1 is 1.00 bits per heavy atom. The van der Waals surface area contributed by atoms with Crippen LogP contribution in [0.2, 0.25) is 0 Å². The maximum atomic E-state index is 12.4. The van der Waals surface area contributed by atoms with E-state index in [2.05, 4.69) is 4.72 Å². The summed E-state index contributed by atoms with van der Waals surface area (Å²) in [7, 11) is -3.74. The van der Waals surface area contributed by atoms with E-state index in [-0.39, 0.29) is 10.7 Å². The lowest BCUT2D eigenvalue weighted by Gasteiger charge is -2.16. The Bertz CT molecular complexity index is 722. The van der Waals surface area contributed by atoms with Gasteiger partial charge in [-0.05, 0) is 31.5 Å². The van der Waals surface area contributed by atoms with Gasteiger partial charge in [0.05, 0.1) is 4.90 Å². The van der Waals surface area contributed by atoms with Crippen molar-refractivity contribution in [2.45, 2.75) is 24.8 Å². The van der Waals surface area contributed by atoms with Crippen LogP contribution in [0.3, 0.4) is 0 Å². The first-order valence-electron chi connectivity index (χ1n) is 6.54. The van der Waals surface area contributed by atoms with Crippen LogP contribution in [0.1, 0.15) is 24.1 Å². The van der Waals surface area contributed by atoms with Crippen LogP contribution in [0, 0.1) is 6.92 Å². The third-order valence-corrected chi connectivity index (χ3v) is 4.58. The summed E-state index contributed by atoms with van der Waals surface area (Å²) in [5.41, 5.74) is 1.60. The number of rotatable bonds is 5. The van der Waals surface area contributed by atoms with Crippen LogP contribution in [-0.4, -0.2) is 14.2 Å². The maximum absolute atomic E-state index is 12.4. The molecule has 0 spiro atoms. The quantitative estimate of drug-likeness (QED) is 0.923. The molecule has 4 nitrogen and oxygen atoms in total. The molecule has 0 aliphatic carbocycles. The summed E-state index contributed by atoms with van der Waals surface area (Å²) in [5, 5.41) is 0. The second-order valence-electron chi connectivity index (χ2n) is 4.89. The second kappa shape index (κ2) is 6.20. The summed E-state index contributed by atoms with van der Waals surface area (Å²) in [6.45, 7) is 3.25. The summed E-state index contributed by atoms with van der Waals surface area (Å²) in [6.07, 6.45) is 0. The first-order valence-corrected chi connectivity index (χ1v) is 8.03. The summed E-state index contributed by atoms with van der Waals surface area (Å²) >= 11 is 0. The summed E-state index contributed by atoms with van der Waals surface area (Å²) in [5.74, 6) is -0.253. The lowest BCUT2D eigenvalue weighted by atomic mass is 10.1. The first kappa shape index (κ1) is 15.4. The number of hydrogen-bond acceptors (Lipinski definition) is 3. The van der Waals surface area contributed by atoms with Gasteiger partial charge >= 0.3 is 0 Å². The highest BCUT2D eigenvalue weighted by molar-refractivity contribution is 7.89. The average Bonchev–Trinajstić information content (AvgIpc) is 2.46. The molecule has 0 aliphatic heterocycles. The van der Waals surface area contributed by atoms with Crippen LogP contribution in [0.25, 0.3) is 0 Å². The first-order chi connectivity index (χ1) is 9.90. The molecule has 2 aromatic carbocycles. The maximum Gasteiger partial charge on any atom is 0.241 e. The van der Waals surface area contributed by atoms with Gasteiger partial charge in [0, 0.05) is 0 Å². The van der Waals surface area contributed by atoms with Crippen molar-refractivity contribution in [1.82, 2.24) is 4.72 Å². The standard InChI is InChI=1S/C16H17NO3S/c1-12-8-10-15(11-9-12)21(19,20)17-16(13(2)18)14-6-4-3-5-7-14/h3-11,16-17H,1-2H3/t16-/m0/s1. The van der Waals surface area contributed by atoms with E-state index in [1.54, 1.807) is 36.4 Å². The van der Waals surface area contributed by atoms with Crippen LogP contribution in [0.15, 0.2) is 59.5 Å². The van der Waals surface area contributed by atoms with Crippen molar-refractivity contribution in [3.63, 3.8) is 0 Å². The number of carbonyl (C=O) groups is 1. The van der Waals surface area contributed by atoms with Crippen molar-refractivity contribution in [3.05, 3.63) is 65.7 Å². The number of benzene rings is 2. The number of sulfonamides is 1. The predicted octanol–water partition coefficient (Wildman–Crippen LogP) is 2.60. The molecule has 1 atom stereocenters. The van der Waals surface area contributed by atoms with E-state index >= 15 is 0 Å². The van der Waals surface area contributed by atoms with Crippen LogP contribution >= 0.6 is 0 Å². The second-order valence-corrected chi connectivity index (χ2v) is 6.60. The minimum Gasteiger partial charge on any atom is -0.298 e. The zero-order valence-corrected chi connectivity index (χ0v) is 12.7. The monoisotopic (exact) mass is 303 g/mol. The fourth-order valence-electron chi connectivity index (χ4n) is 1.97. The summed E-state index contributed by atoms with van der Waals surface area (Å²) in [4.78, 5) is 11.9. The molecule has 0 amide bonds. The molecule has 0 saturated carbocycles. The van der Waals surface area contributed by atoms with Gasteiger partial charge in [0.1, 0.15) is 6.04 Å². The minimum atomic E-state index is -3.74. The van der Waals surface area contributed by atoms with Crippen molar-refractivity contribution in [2.24, 2.45) is 0 Å². The molecule has 5 heteroatoms. The molecule has 0 unspecified atom stereocenters.